The Kier molecular flexibility index (Phi) is 2.64. The molecule has 10 heteroatoms. The number of nitrogens with zero attached hydrogens (tertiary/aromatic N) is 4. The molecule has 3 aromatic rings. The number of benzene rings is 1. The van der Waals surface area contributed by atoms with Gasteiger partial charge in [-0.15, -0.1) is 10.2 Å². The minimum Gasteiger partial charge on any atom is -0.508 e. The van der Waals surface area contributed by atoms with E-state index in [1.165, 1.54) is 12.1 Å². The van der Waals surface area contributed by atoms with E-state index in [9.17, 15) is 17.6 Å². The Balaban J connectivity index is 2.16. The number of hydrogen-bond acceptors (Lipinski definition) is 5. The molecule has 0 unspecified atom stereocenters. The number of hydrogen-bond donors (Lipinski definition) is 1. The molecule has 0 aliphatic rings. The van der Waals surface area contributed by atoms with Crippen LogP contribution in [0.1, 0.15) is 5.82 Å². The molecule has 0 aliphatic carbocycles. The molecule has 0 fully saturated rings. The standard InChI is InChI=1S/C10H4F4N4OS/c11-6-3-4(19)1-2-5(6)7-17-18-8(10(12,13)14)15-16-9(18)20-7/h1-3,19H. The number of aromatic hydroxyl groups is 1. The van der Waals surface area contributed by atoms with Crippen molar-refractivity contribution in [2.24, 2.45) is 0 Å². The van der Waals surface area contributed by atoms with Crippen LogP contribution in [0, 0.1) is 5.82 Å². The second-order valence-electron chi connectivity index (χ2n) is 3.79. The average Bonchev–Trinajstić information content (AvgIpc) is 2.86. The lowest BCUT2D eigenvalue weighted by Crippen LogP contribution is -2.11. The Morgan fingerprint density at radius 2 is 1.95 bits per heavy atom. The zero-order chi connectivity index (χ0) is 14.5. The minimum absolute atomic E-state index is 0.0119. The van der Waals surface area contributed by atoms with Crippen molar-refractivity contribution in [3.05, 3.63) is 29.8 Å². The summed E-state index contributed by atoms with van der Waals surface area (Å²) in [6.07, 6.45) is -4.70. The van der Waals surface area contributed by atoms with E-state index in [4.69, 9.17) is 5.11 Å². The van der Waals surface area contributed by atoms with Gasteiger partial charge in [0.15, 0.2) is 5.01 Å². The molecule has 1 N–H and O–H groups in total. The van der Waals surface area contributed by atoms with Crippen molar-refractivity contribution in [1.29, 1.82) is 0 Å². The third-order valence-corrected chi connectivity index (χ3v) is 3.36. The van der Waals surface area contributed by atoms with Gasteiger partial charge in [-0.3, -0.25) is 0 Å². The molecule has 0 saturated heterocycles. The SMILES string of the molecule is Oc1ccc(-c2nn3c(C(F)(F)F)nnc3s2)c(F)c1. The topological polar surface area (TPSA) is 63.3 Å². The lowest BCUT2D eigenvalue weighted by molar-refractivity contribution is -0.146. The fourth-order valence-electron chi connectivity index (χ4n) is 1.58. The van der Waals surface area contributed by atoms with E-state index in [2.05, 4.69) is 15.3 Å². The van der Waals surface area contributed by atoms with Crippen LogP contribution in [-0.2, 0) is 6.18 Å². The quantitative estimate of drug-likeness (QED) is 0.702. The van der Waals surface area contributed by atoms with Crippen LogP contribution >= 0.6 is 11.3 Å². The highest BCUT2D eigenvalue weighted by Gasteiger charge is 2.38. The number of phenols is 1. The van der Waals surface area contributed by atoms with E-state index < -0.39 is 17.8 Å². The van der Waals surface area contributed by atoms with Gasteiger partial charge in [0.05, 0.1) is 0 Å². The lowest BCUT2D eigenvalue weighted by Gasteiger charge is -2.01. The van der Waals surface area contributed by atoms with Gasteiger partial charge >= 0.3 is 6.18 Å². The molecule has 104 valence electrons. The van der Waals surface area contributed by atoms with Gasteiger partial charge in [0.1, 0.15) is 11.6 Å². The summed E-state index contributed by atoms with van der Waals surface area (Å²) in [7, 11) is 0. The number of halogens is 4. The van der Waals surface area contributed by atoms with Gasteiger partial charge in [-0.05, 0) is 12.1 Å². The van der Waals surface area contributed by atoms with E-state index in [0.29, 0.717) is 4.52 Å². The molecule has 0 bridgehead atoms. The first-order valence-corrected chi connectivity index (χ1v) is 5.96. The normalized spacial score (nSPS) is 12.2. The maximum Gasteiger partial charge on any atom is 0.453 e. The van der Waals surface area contributed by atoms with Crippen molar-refractivity contribution in [2.75, 3.05) is 0 Å². The summed E-state index contributed by atoms with van der Waals surface area (Å²) in [6, 6.07) is 3.29. The van der Waals surface area contributed by atoms with E-state index >= 15 is 0 Å². The van der Waals surface area contributed by atoms with Crippen LogP contribution in [0.2, 0.25) is 0 Å². The van der Waals surface area contributed by atoms with Crippen molar-refractivity contribution in [3.63, 3.8) is 0 Å². The van der Waals surface area contributed by atoms with Crippen LogP contribution in [0.15, 0.2) is 18.2 Å². The van der Waals surface area contributed by atoms with Gasteiger partial charge < -0.3 is 5.11 Å². The molecule has 1 aromatic carbocycles. The molecule has 0 aliphatic heterocycles. The predicted molar refractivity (Wildman–Crippen MR) is 60.7 cm³/mol. The van der Waals surface area contributed by atoms with Gasteiger partial charge in [-0.2, -0.15) is 22.8 Å². The Labute approximate surface area is 112 Å². The van der Waals surface area contributed by atoms with Crippen molar-refractivity contribution >= 4 is 16.3 Å². The van der Waals surface area contributed by atoms with Crippen LogP contribution in [0.5, 0.6) is 5.75 Å². The molecule has 5 nitrogen and oxygen atoms in total. The van der Waals surface area contributed by atoms with E-state index in [0.717, 1.165) is 17.4 Å². The van der Waals surface area contributed by atoms with E-state index in [1.807, 2.05) is 0 Å². The van der Waals surface area contributed by atoms with Crippen LogP contribution in [0.3, 0.4) is 0 Å². The summed E-state index contributed by atoms with van der Waals surface area (Å²) in [5.41, 5.74) is -0.0218. The first kappa shape index (κ1) is 12.8. The summed E-state index contributed by atoms with van der Waals surface area (Å²) in [6.45, 7) is 0. The maximum atomic E-state index is 13.6. The van der Waals surface area contributed by atoms with Gasteiger partial charge in [0.2, 0.25) is 4.96 Å². The Morgan fingerprint density at radius 1 is 1.20 bits per heavy atom. The fourth-order valence-corrected chi connectivity index (χ4v) is 2.45. The first-order chi connectivity index (χ1) is 9.36. The Hall–Kier alpha value is -2.23. The highest BCUT2D eigenvalue weighted by molar-refractivity contribution is 7.19. The number of fused-ring (bicyclic) bond motifs is 1. The third-order valence-electron chi connectivity index (χ3n) is 2.43. The second-order valence-corrected chi connectivity index (χ2v) is 4.74. The lowest BCUT2D eigenvalue weighted by atomic mass is 10.2. The molecule has 3 rings (SSSR count). The number of rotatable bonds is 1. The summed E-state index contributed by atoms with van der Waals surface area (Å²) >= 11 is 0.764. The van der Waals surface area contributed by atoms with Crippen LogP contribution in [-0.4, -0.2) is 24.9 Å². The molecule has 2 heterocycles. The van der Waals surface area contributed by atoms with E-state index in [1.54, 1.807) is 0 Å². The Bertz CT molecular complexity index is 794. The van der Waals surface area contributed by atoms with Crippen molar-refractivity contribution in [1.82, 2.24) is 19.8 Å². The van der Waals surface area contributed by atoms with Gasteiger partial charge in [-0.25, -0.2) is 4.39 Å². The predicted octanol–water partition coefficient (Wildman–Crippen LogP) is 2.72. The molecule has 0 amide bonds. The van der Waals surface area contributed by atoms with Gasteiger partial charge in [-0.1, -0.05) is 11.3 Å². The first-order valence-electron chi connectivity index (χ1n) is 5.14. The zero-order valence-electron chi connectivity index (χ0n) is 9.39. The van der Waals surface area contributed by atoms with Gasteiger partial charge in [0.25, 0.3) is 5.82 Å². The summed E-state index contributed by atoms with van der Waals surface area (Å²) in [4.78, 5) is -0.0974. The summed E-state index contributed by atoms with van der Waals surface area (Å²) < 4.78 is 52.1. The van der Waals surface area contributed by atoms with Crippen LogP contribution in [0.25, 0.3) is 15.5 Å². The van der Waals surface area contributed by atoms with E-state index in [-0.39, 0.29) is 21.3 Å². The third kappa shape index (κ3) is 1.97. The Morgan fingerprint density at radius 3 is 2.60 bits per heavy atom. The monoisotopic (exact) mass is 304 g/mol. The zero-order valence-corrected chi connectivity index (χ0v) is 10.2. The van der Waals surface area contributed by atoms with Gasteiger partial charge in [0, 0.05) is 11.6 Å². The highest BCUT2D eigenvalue weighted by atomic mass is 32.1. The molecular formula is C10H4F4N4OS. The van der Waals surface area contributed by atoms with Crippen LogP contribution in [0.4, 0.5) is 17.6 Å². The second kappa shape index (κ2) is 4.13. The number of phenolic OH excluding ortho intramolecular Hbond substituents is 1. The molecule has 0 saturated carbocycles. The molecule has 2 aromatic heterocycles. The highest BCUT2D eigenvalue weighted by Crippen LogP contribution is 2.33. The molecule has 0 spiro atoms. The van der Waals surface area contributed by atoms with Crippen LogP contribution < -0.4 is 0 Å². The molecule has 20 heavy (non-hydrogen) atoms. The summed E-state index contributed by atoms with van der Waals surface area (Å²) in [5, 5.41) is 19.1. The molecule has 0 atom stereocenters. The average molecular weight is 304 g/mol. The minimum atomic E-state index is -4.70. The number of aromatic nitrogens is 4. The number of alkyl halides is 3. The smallest absolute Gasteiger partial charge is 0.453 e. The van der Waals surface area contributed by atoms with Crippen molar-refractivity contribution in [3.8, 4) is 16.3 Å². The van der Waals surface area contributed by atoms with Crippen molar-refractivity contribution in [2.45, 2.75) is 6.18 Å². The largest absolute Gasteiger partial charge is 0.508 e. The fraction of sp³-hybridized carbons (Fsp3) is 0.100. The molecular weight excluding hydrogens is 300 g/mol. The summed E-state index contributed by atoms with van der Waals surface area (Å²) in [5.74, 6) is -2.34. The maximum absolute atomic E-state index is 13.6. The van der Waals surface area contributed by atoms with Crippen molar-refractivity contribution < 1.29 is 22.7 Å². The molecule has 0 radical (unpaired) electrons.